The molecule has 2 heterocycles. The van der Waals surface area contributed by atoms with Crippen molar-refractivity contribution in [3.8, 4) is 0 Å². The van der Waals surface area contributed by atoms with E-state index in [2.05, 4.69) is 44.7 Å². The number of amides is 1. The van der Waals surface area contributed by atoms with Crippen molar-refractivity contribution in [1.82, 2.24) is 20.4 Å². The van der Waals surface area contributed by atoms with E-state index < -0.39 is 0 Å². The van der Waals surface area contributed by atoms with Crippen molar-refractivity contribution in [3.05, 3.63) is 53.9 Å². The Balaban J connectivity index is 1.35. The van der Waals surface area contributed by atoms with E-state index in [9.17, 15) is 4.79 Å². The number of carbonyl (C=O) groups excluding carboxylic acids is 1. The Hall–Kier alpha value is -2.14. The van der Waals surface area contributed by atoms with Crippen LogP contribution in [0.5, 0.6) is 0 Å². The van der Waals surface area contributed by atoms with Gasteiger partial charge in [0.25, 0.3) is 0 Å². The summed E-state index contributed by atoms with van der Waals surface area (Å²) >= 11 is 0. The van der Waals surface area contributed by atoms with E-state index in [0.717, 1.165) is 25.9 Å². The fraction of sp³-hybridized carbons (Fsp3) is 0.500. The summed E-state index contributed by atoms with van der Waals surface area (Å²) in [5, 5.41) is 10.4. The van der Waals surface area contributed by atoms with Gasteiger partial charge in [-0.15, -0.1) is 0 Å². The van der Waals surface area contributed by atoms with Crippen LogP contribution in [0.15, 0.2) is 42.6 Å². The van der Waals surface area contributed by atoms with Crippen LogP contribution in [0.25, 0.3) is 0 Å². The highest BCUT2D eigenvalue weighted by atomic mass is 16.2. The number of aromatic nitrogens is 2. The van der Waals surface area contributed by atoms with Crippen LogP contribution in [-0.2, 0) is 4.79 Å². The molecule has 5 nitrogen and oxygen atoms in total. The Kier molecular flexibility index (Phi) is 4.83. The van der Waals surface area contributed by atoms with Gasteiger partial charge in [-0.2, -0.15) is 5.10 Å². The smallest absolute Gasteiger partial charge is 0.234 e. The van der Waals surface area contributed by atoms with Crippen molar-refractivity contribution in [3.63, 3.8) is 0 Å². The Morgan fingerprint density at radius 3 is 2.80 bits per heavy atom. The van der Waals surface area contributed by atoms with Crippen LogP contribution >= 0.6 is 0 Å². The zero-order valence-electron chi connectivity index (χ0n) is 14.5. The number of nitrogens with zero attached hydrogens (tertiary/aromatic N) is 2. The number of aromatic amines is 1. The van der Waals surface area contributed by atoms with Gasteiger partial charge in [-0.25, -0.2) is 0 Å². The van der Waals surface area contributed by atoms with Crippen molar-refractivity contribution < 1.29 is 4.79 Å². The Bertz CT molecular complexity index is 681. The fourth-order valence-electron chi connectivity index (χ4n) is 3.93. The van der Waals surface area contributed by atoms with Crippen LogP contribution in [0.1, 0.15) is 48.9 Å². The molecular weight excluding hydrogens is 312 g/mol. The van der Waals surface area contributed by atoms with E-state index in [0.29, 0.717) is 18.4 Å². The summed E-state index contributed by atoms with van der Waals surface area (Å²) in [6.45, 7) is 2.41. The third-order valence-electron chi connectivity index (χ3n) is 5.40. The van der Waals surface area contributed by atoms with Crippen LogP contribution < -0.4 is 5.32 Å². The molecular formula is C20H26N4O. The van der Waals surface area contributed by atoms with Gasteiger partial charge >= 0.3 is 0 Å². The zero-order valence-corrected chi connectivity index (χ0v) is 14.5. The van der Waals surface area contributed by atoms with E-state index in [1.54, 1.807) is 6.20 Å². The summed E-state index contributed by atoms with van der Waals surface area (Å²) in [4.78, 5) is 14.9. The fourth-order valence-corrected chi connectivity index (χ4v) is 3.93. The zero-order chi connectivity index (χ0) is 17.1. The van der Waals surface area contributed by atoms with Crippen molar-refractivity contribution in [1.29, 1.82) is 0 Å². The predicted molar refractivity (Wildman–Crippen MR) is 97.1 cm³/mol. The van der Waals surface area contributed by atoms with Crippen LogP contribution in [0.2, 0.25) is 0 Å². The molecule has 5 heteroatoms. The van der Waals surface area contributed by atoms with Crippen molar-refractivity contribution in [2.45, 2.75) is 37.6 Å². The maximum atomic E-state index is 12.6. The molecule has 2 aliphatic rings. The molecule has 1 aliphatic heterocycles. The second-order valence-electron chi connectivity index (χ2n) is 7.38. The summed E-state index contributed by atoms with van der Waals surface area (Å²) in [6.07, 6.45) is 6.52. The lowest BCUT2D eigenvalue weighted by atomic mass is 9.95. The average Bonchev–Trinajstić information content (AvgIpc) is 3.33. The average molecular weight is 338 g/mol. The maximum Gasteiger partial charge on any atom is 0.234 e. The molecule has 1 amide bonds. The number of piperidine rings is 1. The van der Waals surface area contributed by atoms with Gasteiger partial charge in [-0.1, -0.05) is 30.3 Å². The highest BCUT2D eigenvalue weighted by molar-refractivity contribution is 5.78. The minimum absolute atomic E-state index is 0.144. The summed E-state index contributed by atoms with van der Waals surface area (Å²) in [5.41, 5.74) is 2.41. The molecule has 1 aliphatic carbocycles. The monoisotopic (exact) mass is 338 g/mol. The van der Waals surface area contributed by atoms with Gasteiger partial charge in [0.2, 0.25) is 5.91 Å². The van der Waals surface area contributed by atoms with Crippen LogP contribution in [0.3, 0.4) is 0 Å². The predicted octanol–water partition coefficient (Wildman–Crippen LogP) is 2.86. The second-order valence-corrected chi connectivity index (χ2v) is 7.38. The van der Waals surface area contributed by atoms with Gasteiger partial charge in [-0.3, -0.25) is 14.8 Å². The number of carbonyl (C=O) groups is 1. The molecule has 1 aromatic carbocycles. The summed E-state index contributed by atoms with van der Waals surface area (Å²) in [5.74, 6) is 1.20. The lowest BCUT2D eigenvalue weighted by molar-refractivity contribution is -0.123. The van der Waals surface area contributed by atoms with Crippen LogP contribution in [0.4, 0.5) is 0 Å². The molecule has 1 saturated carbocycles. The SMILES string of the molecule is O=C(CN1CCC[C@H](c2ccn[nH]2)C1)N[C@H](c1ccccc1)C1CC1. The standard InChI is InChI=1S/C20H26N4O/c25-19(22-20(16-8-9-16)15-5-2-1-3-6-15)14-24-12-4-7-17(13-24)18-10-11-21-23-18/h1-3,5-6,10-11,16-17,20H,4,7-9,12-14H2,(H,21,23)(H,22,25)/t17-,20+/m0/s1. The second kappa shape index (κ2) is 7.40. The third kappa shape index (κ3) is 4.10. The number of rotatable bonds is 6. The Labute approximate surface area is 148 Å². The van der Waals surface area contributed by atoms with Crippen LogP contribution in [-0.4, -0.2) is 40.6 Å². The van der Waals surface area contributed by atoms with Crippen molar-refractivity contribution in [2.75, 3.05) is 19.6 Å². The number of H-pyrrole nitrogens is 1. The maximum absolute atomic E-state index is 12.6. The highest BCUT2D eigenvalue weighted by Gasteiger charge is 2.33. The van der Waals surface area contributed by atoms with Crippen molar-refractivity contribution in [2.24, 2.45) is 5.92 Å². The summed E-state index contributed by atoms with van der Waals surface area (Å²) < 4.78 is 0. The number of likely N-dealkylation sites (tertiary alicyclic amines) is 1. The van der Waals surface area contributed by atoms with Gasteiger partial charge in [0.15, 0.2) is 0 Å². The molecule has 0 radical (unpaired) electrons. The molecule has 2 N–H and O–H groups in total. The van der Waals surface area contributed by atoms with E-state index in [1.165, 1.54) is 24.1 Å². The number of hydrogen-bond donors (Lipinski definition) is 2. The van der Waals surface area contributed by atoms with Crippen LogP contribution in [0, 0.1) is 5.92 Å². The Morgan fingerprint density at radius 1 is 1.24 bits per heavy atom. The van der Waals surface area contributed by atoms with Gasteiger partial charge in [0, 0.05) is 24.4 Å². The van der Waals surface area contributed by atoms with Gasteiger partial charge in [0.05, 0.1) is 12.6 Å². The summed E-state index contributed by atoms with van der Waals surface area (Å²) in [6, 6.07) is 12.6. The lowest BCUT2D eigenvalue weighted by Crippen LogP contribution is -2.43. The third-order valence-corrected chi connectivity index (χ3v) is 5.40. The van der Waals surface area contributed by atoms with Gasteiger partial charge in [0.1, 0.15) is 0 Å². The highest BCUT2D eigenvalue weighted by Crippen LogP contribution is 2.40. The first-order valence-electron chi connectivity index (χ1n) is 9.35. The largest absolute Gasteiger partial charge is 0.348 e. The minimum Gasteiger partial charge on any atom is -0.348 e. The molecule has 2 aromatic rings. The first kappa shape index (κ1) is 16.3. The molecule has 132 valence electrons. The van der Waals surface area contributed by atoms with E-state index in [4.69, 9.17) is 0 Å². The molecule has 0 unspecified atom stereocenters. The minimum atomic E-state index is 0.144. The molecule has 0 bridgehead atoms. The molecule has 4 rings (SSSR count). The van der Waals surface area contributed by atoms with Gasteiger partial charge < -0.3 is 5.32 Å². The van der Waals surface area contributed by atoms with E-state index in [1.807, 2.05) is 12.1 Å². The van der Waals surface area contributed by atoms with E-state index >= 15 is 0 Å². The molecule has 0 spiro atoms. The Morgan fingerprint density at radius 2 is 2.08 bits per heavy atom. The van der Waals surface area contributed by atoms with Crippen molar-refractivity contribution >= 4 is 5.91 Å². The first-order valence-corrected chi connectivity index (χ1v) is 9.35. The normalized spacial score (nSPS) is 22.5. The number of nitrogens with one attached hydrogen (secondary N) is 2. The topological polar surface area (TPSA) is 61.0 Å². The summed E-state index contributed by atoms with van der Waals surface area (Å²) in [7, 11) is 0. The molecule has 1 aromatic heterocycles. The first-order chi connectivity index (χ1) is 12.3. The van der Waals surface area contributed by atoms with E-state index in [-0.39, 0.29) is 11.9 Å². The number of hydrogen-bond acceptors (Lipinski definition) is 3. The molecule has 25 heavy (non-hydrogen) atoms. The van der Waals surface area contributed by atoms with Gasteiger partial charge in [-0.05, 0) is 49.8 Å². The molecule has 1 saturated heterocycles. The molecule has 2 atom stereocenters. The quantitative estimate of drug-likeness (QED) is 0.851. The lowest BCUT2D eigenvalue weighted by Gasteiger charge is -2.32. The molecule has 2 fully saturated rings. The number of benzene rings is 1.